The van der Waals surface area contributed by atoms with Crippen molar-refractivity contribution in [3.8, 4) is 0 Å². The Labute approximate surface area is 117 Å². The molecule has 1 aromatic carbocycles. The number of benzene rings is 1. The van der Waals surface area contributed by atoms with Gasteiger partial charge >= 0.3 is 0 Å². The summed E-state index contributed by atoms with van der Waals surface area (Å²) in [5, 5.41) is 13.1. The first-order valence-electron chi connectivity index (χ1n) is 6.77. The summed E-state index contributed by atoms with van der Waals surface area (Å²) in [4.78, 5) is 12.3. The minimum Gasteiger partial charge on any atom is -0.308 e. The van der Waals surface area contributed by atoms with Crippen molar-refractivity contribution in [2.24, 2.45) is 0 Å². The smallest absolute Gasteiger partial charge is 0.243 e. The number of nitrogens with zero attached hydrogens (tertiary/aromatic N) is 1. The van der Waals surface area contributed by atoms with Gasteiger partial charge in [-0.3, -0.25) is 9.89 Å². The maximum absolute atomic E-state index is 12.3. The van der Waals surface area contributed by atoms with Gasteiger partial charge in [0, 0.05) is 17.8 Å². The van der Waals surface area contributed by atoms with Gasteiger partial charge in [0.25, 0.3) is 0 Å². The van der Waals surface area contributed by atoms with Crippen LogP contribution in [0.1, 0.15) is 22.4 Å². The Kier molecular flexibility index (Phi) is 3.28. The second-order valence-electron chi connectivity index (χ2n) is 5.22. The molecule has 5 heteroatoms. The highest BCUT2D eigenvalue weighted by Gasteiger charge is 2.24. The zero-order chi connectivity index (χ0) is 14.1. The number of fused-ring (bicyclic) bond motifs is 1. The molecular weight excluding hydrogens is 252 g/mol. The summed E-state index contributed by atoms with van der Waals surface area (Å²) in [5.41, 5.74) is 4.46. The van der Waals surface area contributed by atoms with Gasteiger partial charge in [0.1, 0.15) is 0 Å². The molecule has 0 radical (unpaired) electrons. The van der Waals surface area contributed by atoms with E-state index >= 15 is 0 Å². The summed E-state index contributed by atoms with van der Waals surface area (Å²) in [6.45, 7) is 4.61. The number of hydrogen-bond acceptors (Lipinski definition) is 3. The molecule has 0 saturated heterocycles. The Morgan fingerprint density at radius 2 is 2.05 bits per heavy atom. The third-order valence-electron chi connectivity index (χ3n) is 3.89. The third-order valence-corrected chi connectivity index (χ3v) is 3.89. The Morgan fingerprint density at radius 3 is 2.75 bits per heavy atom. The third kappa shape index (κ3) is 2.32. The molecule has 1 unspecified atom stereocenters. The number of aromatic nitrogens is 2. The number of carbonyl (C=O) groups excluding carboxylic acids is 1. The molecule has 1 aliphatic rings. The van der Waals surface area contributed by atoms with Crippen LogP contribution in [0.5, 0.6) is 0 Å². The predicted molar refractivity (Wildman–Crippen MR) is 77.5 cm³/mol. The van der Waals surface area contributed by atoms with Gasteiger partial charge in [-0.25, -0.2) is 0 Å². The first-order valence-corrected chi connectivity index (χ1v) is 6.77. The van der Waals surface area contributed by atoms with Crippen LogP contribution < -0.4 is 10.6 Å². The highest BCUT2D eigenvalue weighted by Crippen LogP contribution is 2.18. The van der Waals surface area contributed by atoms with Gasteiger partial charge in [-0.2, -0.15) is 5.10 Å². The van der Waals surface area contributed by atoms with Gasteiger partial charge in [-0.05, 0) is 31.4 Å². The fourth-order valence-corrected chi connectivity index (χ4v) is 2.45. The molecule has 3 rings (SSSR count). The Bertz CT molecular complexity index is 647. The number of H-pyrrole nitrogens is 1. The van der Waals surface area contributed by atoms with E-state index in [1.807, 2.05) is 26.0 Å². The highest BCUT2D eigenvalue weighted by molar-refractivity contribution is 5.95. The highest BCUT2D eigenvalue weighted by atomic mass is 16.2. The summed E-state index contributed by atoms with van der Waals surface area (Å²) in [5.74, 6) is 0.585. The molecule has 5 nitrogen and oxygen atoms in total. The summed E-state index contributed by atoms with van der Waals surface area (Å²) in [7, 11) is 0. The van der Waals surface area contributed by atoms with Crippen molar-refractivity contribution < 1.29 is 4.79 Å². The number of hydrogen-bond donors (Lipinski definition) is 3. The molecule has 1 atom stereocenters. The Hall–Kier alpha value is -2.14. The zero-order valence-electron chi connectivity index (χ0n) is 11.7. The molecule has 1 aliphatic heterocycles. The minimum absolute atomic E-state index is 0.0332. The lowest BCUT2D eigenvalue weighted by molar-refractivity contribution is -0.118. The van der Waals surface area contributed by atoms with Crippen LogP contribution in [0.15, 0.2) is 24.3 Å². The number of aryl methyl sites for hydroxylation is 1. The van der Waals surface area contributed by atoms with Gasteiger partial charge in [0.15, 0.2) is 5.82 Å². The first kappa shape index (κ1) is 12.9. The normalized spacial score (nSPS) is 17.6. The van der Waals surface area contributed by atoms with E-state index in [2.05, 4.69) is 33.0 Å². The standard InChI is InChI=1S/C15H18N4O/c1-9-10(2)18-19-14(9)17-15(20)13-7-11-5-3-4-6-12(11)8-16-13/h3-6,13,16H,7-8H2,1-2H3,(H2,17,18,19,20). The molecule has 0 aliphatic carbocycles. The summed E-state index contributed by atoms with van der Waals surface area (Å²) in [6.07, 6.45) is 0.713. The fourth-order valence-electron chi connectivity index (χ4n) is 2.45. The van der Waals surface area contributed by atoms with Crippen molar-refractivity contribution in [3.05, 3.63) is 46.6 Å². The lowest BCUT2D eigenvalue weighted by atomic mass is 9.95. The number of amides is 1. The van der Waals surface area contributed by atoms with E-state index in [9.17, 15) is 4.79 Å². The maximum atomic E-state index is 12.3. The number of anilines is 1. The van der Waals surface area contributed by atoms with E-state index in [1.54, 1.807) is 0 Å². The van der Waals surface area contributed by atoms with Crippen molar-refractivity contribution in [2.75, 3.05) is 5.32 Å². The second kappa shape index (κ2) is 5.09. The van der Waals surface area contributed by atoms with Crippen molar-refractivity contribution in [1.82, 2.24) is 15.5 Å². The van der Waals surface area contributed by atoms with Gasteiger partial charge in [0.05, 0.1) is 6.04 Å². The first-order chi connectivity index (χ1) is 9.65. The van der Waals surface area contributed by atoms with Crippen LogP contribution >= 0.6 is 0 Å². The van der Waals surface area contributed by atoms with Crippen molar-refractivity contribution >= 4 is 11.7 Å². The number of nitrogens with one attached hydrogen (secondary N) is 3. The van der Waals surface area contributed by atoms with Crippen LogP contribution in [0, 0.1) is 13.8 Å². The monoisotopic (exact) mass is 270 g/mol. The lowest BCUT2D eigenvalue weighted by Crippen LogP contribution is -2.44. The maximum Gasteiger partial charge on any atom is 0.243 e. The largest absolute Gasteiger partial charge is 0.308 e. The van der Waals surface area contributed by atoms with E-state index in [1.165, 1.54) is 11.1 Å². The van der Waals surface area contributed by atoms with E-state index in [-0.39, 0.29) is 11.9 Å². The van der Waals surface area contributed by atoms with Gasteiger partial charge in [-0.15, -0.1) is 0 Å². The van der Waals surface area contributed by atoms with Crippen LogP contribution in [0.2, 0.25) is 0 Å². The number of rotatable bonds is 2. The molecule has 0 saturated carbocycles. The van der Waals surface area contributed by atoms with Crippen LogP contribution in [-0.4, -0.2) is 22.1 Å². The van der Waals surface area contributed by atoms with Crippen LogP contribution in [0.4, 0.5) is 5.82 Å². The quantitative estimate of drug-likeness (QED) is 0.777. The molecule has 2 heterocycles. The molecule has 104 valence electrons. The SMILES string of the molecule is Cc1[nH]nc(NC(=O)C2Cc3ccccc3CN2)c1C. The van der Waals surface area contributed by atoms with E-state index in [0.717, 1.165) is 17.8 Å². The zero-order valence-corrected chi connectivity index (χ0v) is 11.7. The molecule has 20 heavy (non-hydrogen) atoms. The molecule has 0 bridgehead atoms. The van der Waals surface area contributed by atoms with Crippen LogP contribution in [-0.2, 0) is 17.8 Å². The molecule has 0 fully saturated rings. The second-order valence-corrected chi connectivity index (χ2v) is 5.22. The van der Waals surface area contributed by atoms with Crippen molar-refractivity contribution in [1.29, 1.82) is 0 Å². The van der Waals surface area contributed by atoms with Gasteiger partial charge in [-0.1, -0.05) is 24.3 Å². The molecule has 1 aromatic heterocycles. The summed E-state index contributed by atoms with van der Waals surface area (Å²) in [6, 6.07) is 8.01. The molecule has 1 amide bonds. The Balaban J connectivity index is 1.72. The van der Waals surface area contributed by atoms with E-state index < -0.39 is 0 Å². The lowest BCUT2D eigenvalue weighted by Gasteiger charge is -2.25. The predicted octanol–water partition coefficient (Wildman–Crippen LogP) is 1.68. The summed E-state index contributed by atoms with van der Waals surface area (Å²) < 4.78 is 0. The average Bonchev–Trinajstić information content (AvgIpc) is 2.78. The van der Waals surface area contributed by atoms with E-state index in [0.29, 0.717) is 12.2 Å². The molecule has 0 spiro atoms. The molecule has 2 aromatic rings. The molecular formula is C15H18N4O. The fraction of sp³-hybridized carbons (Fsp3) is 0.333. The summed E-state index contributed by atoms with van der Waals surface area (Å²) >= 11 is 0. The van der Waals surface area contributed by atoms with Gasteiger partial charge < -0.3 is 10.6 Å². The van der Waals surface area contributed by atoms with Crippen molar-refractivity contribution in [3.63, 3.8) is 0 Å². The Morgan fingerprint density at radius 1 is 1.30 bits per heavy atom. The minimum atomic E-state index is -0.207. The van der Waals surface area contributed by atoms with Crippen molar-refractivity contribution in [2.45, 2.75) is 32.9 Å². The topological polar surface area (TPSA) is 69.8 Å². The number of carbonyl (C=O) groups is 1. The molecule has 3 N–H and O–H groups in total. The van der Waals surface area contributed by atoms with E-state index in [4.69, 9.17) is 0 Å². The van der Waals surface area contributed by atoms with Gasteiger partial charge in [0.2, 0.25) is 5.91 Å². The number of aromatic amines is 1. The van der Waals surface area contributed by atoms with Crippen LogP contribution in [0.3, 0.4) is 0 Å². The van der Waals surface area contributed by atoms with Crippen LogP contribution in [0.25, 0.3) is 0 Å². The average molecular weight is 270 g/mol.